The van der Waals surface area contributed by atoms with E-state index in [4.69, 9.17) is 4.74 Å². The van der Waals surface area contributed by atoms with Crippen molar-refractivity contribution in [3.05, 3.63) is 0 Å². The molecule has 1 heterocycles. The zero-order valence-corrected chi connectivity index (χ0v) is 7.15. The second-order valence-corrected chi connectivity index (χ2v) is 3.32. The zero-order valence-electron chi connectivity index (χ0n) is 7.15. The van der Waals surface area contributed by atoms with Crippen molar-refractivity contribution < 1.29 is 4.74 Å². The number of rotatable bonds is 2. The molecule has 1 heteroatoms. The quantitative estimate of drug-likeness (QED) is 0.576. The van der Waals surface area contributed by atoms with Crippen molar-refractivity contribution in [2.24, 2.45) is 5.41 Å². The van der Waals surface area contributed by atoms with Crippen LogP contribution in [0.5, 0.6) is 0 Å². The molecule has 1 rings (SSSR count). The van der Waals surface area contributed by atoms with Crippen molar-refractivity contribution in [1.82, 2.24) is 0 Å². The molecule has 0 N–H and O–H groups in total. The van der Waals surface area contributed by atoms with Gasteiger partial charge in [-0.1, -0.05) is 26.7 Å². The molecular weight excluding hydrogens is 124 g/mol. The van der Waals surface area contributed by atoms with E-state index in [9.17, 15) is 0 Å². The van der Waals surface area contributed by atoms with E-state index >= 15 is 0 Å². The molecule has 60 valence electrons. The fourth-order valence-electron chi connectivity index (χ4n) is 1.76. The number of ether oxygens (including phenoxy) is 1. The summed E-state index contributed by atoms with van der Waals surface area (Å²) in [6, 6.07) is 0. The molecule has 0 atom stereocenters. The van der Waals surface area contributed by atoms with Crippen LogP contribution in [0.25, 0.3) is 0 Å². The summed E-state index contributed by atoms with van der Waals surface area (Å²) in [5.41, 5.74) is 0.637. The van der Waals surface area contributed by atoms with E-state index in [1.807, 2.05) is 0 Å². The topological polar surface area (TPSA) is 9.23 Å². The van der Waals surface area contributed by atoms with Crippen LogP contribution >= 0.6 is 0 Å². The average Bonchev–Trinajstić information content (AvgIpc) is 2.06. The zero-order chi connectivity index (χ0) is 7.45. The number of hydrogen-bond acceptors (Lipinski definition) is 1. The van der Waals surface area contributed by atoms with Crippen molar-refractivity contribution in [2.75, 3.05) is 13.2 Å². The molecule has 0 bridgehead atoms. The summed E-state index contributed by atoms with van der Waals surface area (Å²) in [6.45, 7) is 6.58. The Morgan fingerprint density at radius 3 is 1.90 bits per heavy atom. The minimum absolute atomic E-state index is 0.637. The fourth-order valence-corrected chi connectivity index (χ4v) is 1.76. The Hall–Kier alpha value is -0.0400. The predicted octanol–water partition coefficient (Wildman–Crippen LogP) is 2.60. The molecule has 0 amide bonds. The summed E-state index contributed by atoms with van der Waals surface area (Å²) in [4.78, 5) is 0. The molecule has 1 nitrogen and oxygen atoms in total. The third-order valence-electron chi connectivity index (χ3n) is 3.05. The van der Waals surface area contributed by atoms with E-state index in [2.05, 4.69) is 13.8 Å². The summed E-state index contributed by atoms with van der Waals surface area (Å²) in [6.07, 6.45) is 5.21. The van der Waals surface area contributed by atoms with E-state index in [0.717, 1.165) is 13.2 Å². The van der Waals surface area contributed by atoms with Crippen LogP contribution in [0.15, 0.2) is 0 Å². The molecule has 0 unspecified atom stereocenters. The first kappa shape index (κ1) is 8.06. The molecule has 0 aliphatic carbocycles. The minimum atomic E-state index is 0.637. The second kappa shape index (κ2) is 3.38. The Bertz CT molecular complexity index is 86.9. The van der Waals surface area contributed by atoms with Gasteiger partial charge < -0.3 is 4.74 Å². The van der Waals surface area contributed by atoms with E-state index in [1.165, 1.54) is 25.7 Å². The maximum atomic E-state index is 5.33. The van der Waals surface area contributed by atoms with Gasteiger partial charge in [0.25, 0.3) is 0 Å². The summed E-state index contributed by atoms with van der Waals surface area (Å²) in [5.74, 6) is 0. The molecule has 1 aliphatic rings. The van der Waals surface area contributed by atoms with Gasteiger partial charge in [-0.25, -0.2) is 0 Å². The van der Waals surface area contributed by atoms with Crippen LogP contribution in [0, 0.1) is 5.41 Å². The smallest absolute Gasteiger partial charge is 0.0471 e. The van der Waals surface area contributed by atoms with Gasteiger partial charge >= 0.3 is 0 Å². The maximum absolute atomic E-state index is 5.33. The molecule has 1 fully saturated rings. The van der Waals surface area contributed by atoms with Gasteiger partial charge in [0.2, 0.25) is 0 Å². The lowest BCUT2D eigenvalue weighted by Gasteiger charge is -2.35. The van der Waals surface area contributed by atoms with Crippen molar-refractivity contribution in [3.8, 4) is 0 Å². The Balaban J connectivity index is 2.44. The van der Waals surface area contributed by atoms with Crippen molar-refractivity contribution in [1.29, 1.82) is 0 Å². The first-order valence-electron chi connectivity index (χ1n) is 4.41. The third kappa shape index (κ3) is 1.51. The van der Waals surface area contributed by atoms with Gasteiger partial charge in [0, 0.05) is 13.2 Å². The van der Waals surface area contributed by atoms with E-state index < -0.39 is 0 Å². The highest BCUT2D eigenvalue weighted by molar-refractivity contribution is 4.78. The highest BCUT2D eigenvalue weighted by Crippen LogP contribution is 2.36. The van der Waals surface area contributed by atoms with Crippen LogP contribution in [0.2, 0.25) is 0 Å². The van der Waals surface area contributed by atoms with Crippen LogP contribution in [-0.2, 0) is 4.74 Å². The Morgan fingerprint density at radius 1 is 1.10 bits per heavy atom. The standard InChI is InChI=1S/C9H18O/c1-3-9(4-2)5-7-10-8-6-9/h3-8H2,1-2H3. The molecule has 1 saturated heterocycles. The highest BCUT2D eigenvalue weighted by atomic mass is 16.5. The highest BCUT2D eigenvalue weighted by Gasteiger charge is 2.28. The summed E-state index contributed by atoms with van der Waals surface area (Å²) < 4.78 is 5.33. The largest absolute Gasteiger partial charge is 0.381 e. The first-order chi connectivity index (χ1) is 4.83. The van der Waals surface area contributed by atoms with Crippen molar-refractivity contribution in [2.45, 2.75) is 39.5 Å². The fraction of sp³-hybridized carbons (Fsp3) is 1.00. The normalized spacial score (nSPS) is 24.6. The molecule has 0 aromatic carbocycles. The summed E-state index contributed by atoms with van der Waals surface area (Å²) >= 11 is 0. The van der Waals surface area contributed by atoms with Crippen LogP contribution < -0.4 is 0 Å². The second-order valence-electron chi connectivity index (χ2n) is 3.32. The molecule has 0 aromatic rings. The van der Waals surface area contributed by atoms with E-state index in [1.54, 1.807) is 0 Å². The Kier molecular flexibility index (Phi) is 2.72. The van der Waals surface area contributed by atoms with Gasteiger partial charge in [0.1, 0.15) is 0 Å². The van der Waals surface area contributed by atoms with Crippen LogP contribution in [0.3, 0.4) is 0 Å². The van der Waals surface area contributed by atoms with Gasteiger partial charge in [0.05, 0.1) is 0 Å². The molecule has 0 radical (unpaired) electrons. The van der Waals surface area contributed by atoms with Crippen LogP contribution in [-0.4, -0.2) is 13.2 Å². The van der Waals surface area contributed by atoms with E-state index in [0.29, 0.717) is 5.41 Å². The van der Waals surface area contributed by atoms with Crippen LogP contribution in [0.4, 0.5) is 0 Å². The molecule has 0 aromatic heterocycles. The first-order valence-corrected chi connectivity index (χ1v) is 4.41. The predicted molar refractivity (Wildman–Crippen MR) is 43.1 cm³/mol. The Morgan fingerprint density at radius 2 is 1.60 bits per heavy atom. The number of hydrogen-bond donors (Lipinski definition) is 0. The van der Waals surface area contributed by atoms with Gasteiger partial charge in [-0.05, 0) is 18.3 Å². The van der Waals surface area contributed by atoms with Gasteiger partial charge in [0.15, 0.2) is 0 Å². The molecule has 0 spiro atoms. The molecule has 1 aliphatic heterocycles. The van der Waals surface area contributed by atoms with E-state index in [-0.39, 0.29) is 0 Å². The van der Waals surface area contributed by atoms with Gasteiger partial charge in [-0.2, -0.15) is 0 Å². The third-order valence-corrected chi connectivity index (χ3v) is 3.05. The lowest BCUT2D eigenvalue weighted by atomic mass is 9.76. The maximum Gasteiger partial charge on any atom is 0.0471 e. The average molecular weight is 142 g/mol. The summed E-state index contributed by atoms with van der Waals surface area (Å²) in [7, 11) is 0. The van der Waals surface area contributed by atoms with Gasteiger partial charge in [-0.15, -0.1) is 0 Å². The molecule has 0 saturated carbocycles. The summed E-state index contributed by atoms with van der Waals surface area (Å²) in [5, 5.41) is 0. The Labute approximate surface area is 63.8 Å². The van der Waals surface area contributed by atoms with Gasteiger partial charge in [-0.3, -0.25) is 0 Å². The lowest BCUT2D eigenvalue weighted by Crippen LogP contribution is -2.27. The van der Waals surface area contributed by atoms with Crippen molar-refractivity contribution in [3.63, 3.8) is 0 Å². The van der Waals surface area contributed by atoms with Crippen molar-refractivity contribution >= 4 is 0 Å². The van der Waals surface area contributed by atoms with Crippen LogP contribution in [0.1, 0.15) is 39.5 Å². The SMILES string of the molecule is CCC1(CC)CCOCC1. The molecule has 10 heavy (non-hydrogen) atoms. The molecular formula is C9H18O. The monoisotopic (exact) mass is 142 g/mol. The minimum Gasteiger partial charge on any atom is -0.381 e. The lowest BCUT2D eigenvalue weighted by molar-refractivity contribution is 0.0105.